The summed E-state index contributed by atoms with van der Waals surface area (Å²) in [4.78, 5) is 28.4. The van der Waals surface area contributed by atoms with Gasteiger partial charge in [-0.1, -0.05) is 24.6 Å². The van der Waals surface area contributed by atoms with Gasteiger partial charge >= 0.3 is 12.1 Å². The number of anilines is 1. The predicted octanol–water partition coefficient (Wildman–Crippen LogP) is 6.58. The number of hydrogen-bond acceptors (Lipinski definition) is 5. The quantitative estimate of drug-likeness (QED) is 0.334. The van der Waals surface area contributed by atoms with Crippen LogP contribution in [-0.2, 0) is 6.42 Å². The fourth-order valence-corrected chi connectivity index (χ4v) is 4.14. The van der Waals surface area contributed by atoms with E-state index in [9.17, 15) is 32.3 Å². The molecule has 1 amide bonds. The van der Waals surface area contributed by atoms with Crippen molar-refractivity contribution in [2.45, 2.75) is 32.5 Å². The number of hydrogen-bond donors (Lipinski definition) is 2. The molecule has 0 fully saturated rings. The summed E-state index contributed by atoms with van der Waals surface area (Å²) >= 11 is 6.71. The van der Waals surface area contributed by atoms with Crippen molar-refractivity contribution in [3.8, 4) is 16.3 Å². The summed E-state index contributed by atoms with van der Waals surface area (Å²) in [6.07, 6.45) is -6.97. The number of aromatic carboxylic acids is 1. The van der Waals surface area contributed by atoms with Crippen LogP contribution in [0, 0.1) is 11.6 Å². The molecular weight excluding hydrogens is 519 g/mol. The van der Waals surface area contributed by atoms with Gasteiger partial charge < -0.3 is 15.2 Å². The molecule has 13 heteroatoms. The number of aryl methyl sites for hydroxylation is 1. The second-order valence-corrected chi connectivity index (χ2v) is 8.62. The molecule has 0 bridgehead atoms. The van der Waals surface area contributed by atoms with E-state index in [0.717, 1.165) is 23.5 Å². The summed E-state index contributed by atoms with van der Waals surface area (Å²) in [5, 5.41) is 11.1. The first-order valence-corrected chi connectivity index (χ1v) is 11.1. The van der Waals surface area contributed by atoms with E-state index < -0.39 is 52.8 Å². The lowest BCUT2D eigenvalue weighted by Crippen LogP contribution is -2.32. The highest BCUT2D eigenvalue weighted by atomic mass is 35.5. The molecule has 1 unspecified atom stereocenters. The van der Waals surface area contributed by atoms with E-state index >= 15 is 4.39 Å². The zero-order valence-corrected chi connectivity index (χ0v) is 19.5. The molecule has 0 spiro atoms. The van der Waals surface area contributed by atoms with Crippen molar-refractivity contribution in [1.82, 2.24) is 4.98 Å². The molecule has 1 aromatic heterocycles. The minimum Gasteiger partial charge on any atom is -0.480 e. The molecule has 2 N–H and O–H groups in total. The van der Waals surface area contributed by atoms with Gasteiger partial charge in [-0.25, -0.2) is 18.6 Å². The number of carboxylic acid groups (broad SMARTS) is 1. The van der Waals surface area contributed by atoms with Gasteiger partial charge in [0, 0.05) is 10.4 Å². The Kier molecular flexibility index (Phi) is 7.65. The number of carbonyl (C=O) groups is 2. The van der Waals surface area contributed by atoms with Crippen LogP contribution in [0.5, 0.6) is 5.75 Å². The van der Waals surface area contributed by atoms with E-state index in [4.69, 9.17) is 16.3 Å². The number of nitrogens with zero attached hydrogens (tertiary/aromatic N) is 1. The van der Waals surface area contributed by atoms with Gasteiger partial charge in [0.25, 0.3) is 5.91 Å². The maximum absolute atomic E-state index is 15.1. The number of aromatic nitrogens is 1. The monoisotopic (exact) mass is 534 g/mol. The molecule has 0 saturated carbocycles. The molecule has 3 aromatic rings. The van der Waals surface area contributed by atoms with Gasteiger partial charge in [-0.15, -0.1) is 11.3 Å². The summed E-state index contributed by atoms with van der Waals surface area (Å²) in [6.45, 7) is 2.33. The molecule has 0 radical (unpaired) electrons. The fourth-order valence-electron chi connectivity index (χ4n) is 2.92. The van der Waals surface area contributed by atoms with Crippen LogP contribution in [0.4, 0.5) is 27.6 Å². The first kappa shape index (κ1) is 26.4. The summed E-state index contributed by atoms with van der Waals surface area (Å²) in [5.74, 6) is -5.24. The Morgan fingerprint density at radius 3 is 2.46 bits per heavy atom. The zero-order chi connectivity index (χ0) is 26.1. The van der Waals surface area contributed by atoms with E-state index in [1.165, 1.54) is 12.1 Å². The Hall–Kier alpha value is -3.25. The van der Waals surface area contributed by atoms with Crippen molar-refractivity contribution in [3.63, 3.8) is 0 Å². The second kappa shape index (κ2) is 10.2. The first-order valence-electron chi connectivity index (χ1n) is 9.89. The minimum absolute atomic E-state index is 0.134. The molecule has 1 heterocycles. The number of para-hydroxylation sites is 1. The van der Waals surface area contributed by atoms with E-state index in [1.807, 2.05) is 0 Å². The lowest BCUT2D eigenvalue weighted by atomic mass is 10.1. The van der Waals surface area contributed by atoms with Gasteiger partial charge in [0.2, 0.25) is 0 Å². The number of carbonyl (C=O) groups excluding carboxylic acids is 1. The van der Waals surface area contributed by atoms with E-state index in [0.29, 0.717) is 17.9 Å². The van der Waals surface area contributed by atoms with Crippen LogP contribution in [0.1, 0.15) is 39.6 Å². The molecule has 3 rings (SSSR count). The highest BCUT2D eigenvalue weighted by Crippen LogP contribution is 2.37. The molecule has 2 aromatic carbocycles. The average Bonchev–Trinajstić information content (AvgIpc) is 3.21. The first-order chi connectivity index (χ1) is 16.3. The second-order valence-electron chi connectivity index (χ2n) is 7.13. The number of carboxylic acids is 1. The van der Waals surface area contributed by atoms with Gasteiger partial charge in [-0.3, -0.25) is 4.79 Å². The van der Waals surface area contributed by atoms with Gasteiger partial charge in [0.1, 0.15) is 22.4 Å². The molecule has 1 atom stereocenters. The number of alkyl halides is 3. The van der Waals surface area contributed by atoms with Crippen molar-refractivity contribution >= 4 is 40.5 Å². The third-order valence-electron chi connectivity index (χ3n) is 4.73. The predicted molar refractivity (Wildman–Crippen MR) is 119 cm³/mol. The topological polar surface area (TPSA) is 88.5 Å². The van der Waals surface area contributed by atoms with Crippen LogP contribution < -0.4 is 10.1 Å². The minimum atomic E-state index is -4.83. The Labute approximate surface area is 204 Å². The summed E-state index contributed by atoms with van der Waals surface area (Å²) in [5.41, 5.74) is -1.83. The standard InChI is InChI=1S/C22H16ClF5N2O4S/c1-3-16-18(21(32)33)30-20(35-16)10-8-15(34-9(2)22(26,27)28)11(7-14(10)25)19(31)29-17-12(23)5-4-6-13(17)24/h4-9H,3H2,1-2H3,(H,29,31)(H,32,33). The van der Waals surface area contributed by atoms with Crippen LogP contribution in [0.2, 0.25) is 5.02 Å². The lowest BCUT2D eigenvalue weighted by Gasteiger charge is -2.20. The third kappa shape index (κ3) is 5.70. The SMILES string of the molecule is CCc1sc(-c2cc(OC(C)C(F)(F)F)c(C(=O)Nc3c(F)cccc3Cl)cc2F)nc1C(=O)O. The van der Waals surface area contributed by atoms with Crippen LogP contribution in [0.3, 0.4) is 0 Å². The number of amides is 1. The number of benzene rings is 2. The van der Waals surface area contributed by atoms with Crippen molar-refractivity contribution in [2.75, 3.05) is 5.32 Å². The molecule has 0 aliphatic carbocycles. The largest absolute Gasteiger partial charge is 0.480 e. The number of nitrogens with one attached hydrogen (secondary N) is 1. The maximum Gasteiger partial charge on any atom is 0.425 e. The van der Waals surface area contributed by atoms with Gasteiger partial charge in [0.05, 0.1) is 16.3 Å². The number of ether oxygens (including phenoxy) is 1. The average molecular weight is 535 g/mol. The number of rotatable bonds is 7. The highest BCUT2D eigenvalue weighted by Gasteiger charge is 2.39. The highest BCUT2D eigenvalue weighted by molar-refractivity contribution is 7.15. The molecule has 35 heavy (non-hydrogen) atoms. The molecule has 6 nitrogen and oxygen atoms in total. The van der Waals surface area contributed by atoms with E-state index in [2.05, 4.69) is 10.3 Å². The number of thiazole rings is 1. The maximum atomic E-state index is 15.1. The molecular formula is C22H16ClF5N2O4S. The van der Waals surface area contributed by atoms with Crippen LogP contribution in [0.15, 0.2) is 30.3 Å². The van der Waals surface area contributed by atoms with E-state index in [1.54, 1.807) is 6.92 Å². The van der Waals surface area contributed by atoms with Crippen LogP contribution in [0.25, 0.3) is 10.6 Å². The number of halogens is 6. The van der Waals surface area contributed by atoms with Crippen molar-refractivity contribution in [1.29, 1.82) is 0 Å². The Morgan fingerprint density at radius 2 is 1.91 bits per heavy atom. The van der Waals surface area contributed by atoms with Crippen molar-refractivity contribution < 1.29 is 41.4 Å². The van der Waals surface area contributed by atoms with Gasteiger partial charge in [-0.2, -0.15) is 13.2 Å². The molecule has 0 saturated heterocycles. The zero-order valence-electron chi connectivity index (χ0n) is 18.0. The Morgan fingerprint density at radius 1 is 1.23 bits per heavy atom. The Bertz CT molecular complexity index is 1280. The van der Waals surface area contributed by atoms with Gasteiger partial charge in [-0.05, 0) is 37.6 Å². The molecule has 0 aliphatic heterocycles. The lowest BCUT2D eigenvalue weighted by molar-refractivity contribution is -0.189. The van der Waals surface area contributed by atoms with Crippen molar-refractivity contribution in [3.05, 3.63) is 63.1 Å². The fraction of sp³-hybridized carbons (Fsp3) is 0.227. The normalized spacial score (nSPS) is 12.3. The summed E-state index contributed by atoms with van der Waals surface area (Å²) < 4.78 is 73.6. The summed E-state index contributed by atoms with van der Waals surface area (Å²) in [7, 11) is 0. The molecule has 0 aliphatic rings. The summed E-state index contributed by atoms with van der Waals surface area (Å²) in [6, 6.07) is 4.94. The van der Waals surface area contributed by atoms with Crippen molar-refractivity contribution in [2.24, 2.45) is 0 Å². The van der Waals surface area contributed by atoms with E-state index in [-0.39, 0.29) is 27.7 Å². The van der Waals surface area contributed by atoms with Gasteiger partial charge in [0.15, 0.2) is 11.8 Å². The molecule has 186 valence electrons. The van der Waals surface area contributed by atoms with Crippen LogP contribution >= 0.6 is 22.9 Å². The Balaban J connectivity index is 2.12. The smallest absolute Gasteiger partial charge is 0.425 e. The van der Waals surface area contributed by atoms with Crippen LogP contribution in [-0.4, -0.2) is 34.2 Å². The third-order valence-corrected chi connectivity index (χ3v) is 6.28.